The lowest BCUT2D eigenvalue weighted by Crippen LogP contribution is -2.49. The van der Waals surface area contributed by atoms with Crippen LogP contribution in [0.1, 0.15) is 42.1 Å². The van der Waals surface area contributed by atoms with Gasteiger partial charge in [0.1, 0.15) is 0 Å². The Hall–Kier alpha value is -1.42. The number of amides is 1. The molecule has 0 saturated carbocycles. The molecule has 0 aromatic heterocycles. The van der Waals surface area contributed by atoms with Crippen molar-refractivity contribution >= 4 is 25.6 Å². The van der Waals surface area contributed by atoms with E-state index in [1.807, 2.05) is 12.1 Å². The average Bonchev–Trinajstić information content (AvgIpc) is 2.62. The fourth-order valence-corrected chi connectivity index (χ4v) is 4.32. The van der Waals surface area contributed by atoms with Crippen LogP contribution in [0.5, 0.6) is 0 Å². The van der Waals surface area contributed by atoms with Crippen molar-refractivity contribution in [2.24, 2.45) is 0 Å². The van der Waals surface area contributed by atoms with Gasteiger partial charge in [-0.15, -0.1) is 0 Å². The smallest absolute Gasteiger partial charge is 0.291 e. The number of nitrogens with zero attached hydrogens (tertiary/aromatic N) is 1. The maximum atomic E-state index is 12.2. The van der Waals surface area contributed by atoms with Crippen molar-refractivity contribution in [3.63, 3.8) is 0 Å². The molecule has 3 nitrogen and oxygen atoms in total. The Morgan fingerprint density at radius 2 is 1.80 bits per heavy atom. The molecule has 4 heteroatoms. The zero-order valence-electron chi connectivity index (χ0n) is 12.8. The average molecular weight is 289 g/mol. The third-order valence-corrected chi connectivity index (χ3v) is 5.47. The molecule has 1 amide bonds. The van der Waals surface area contributed by atoms with E-state index in [0.29, 0.717) is 5.56 Å². The predicted octanol–water partition coefficient (Wildman–Crippen LogP) is 3.78. The van der Waals surface area contributed by atoms with Crippen LogP contribution in [0.3, 0.4) is 0 Å². The van der Waals surface area contributed by atoms with Gasteiger partial charge in [0.05, 0.1) is 5.56 Å². The molecule has 0 fully saturated rings. The third kappa shape index (κ3) is 2.70. The highest BCUT2D eigenvalue weighted by Crippen LogP contribution is 2.34. The topological polar surface area (TPSA) is 37.4 Å². The summed E-state index contributed by atoms with van der Waals surface area (Å²) in [4.78, 5) is 24.4. The lowest BCUT2D eigenvalue weighted by Gasteiger charge is -2.29. The summed E-state index contributed by atoms with van der Waals surface area (Å²) in [5, 5.41) is 0. The van der Waals surface area contributed by atoms with Crippen LogP contribution in [-0.2, 0) is 11.2 Å². The molecule has 2 rings (SSSR count). The number of hydrogen-bond donors (Lipinski definition) is 0. The van der Waals surface area contributed by atoms with E-state index in [4.69, 9.17) is 0 Å². The lowest BCUT2D eigenvalue weighted by molar-refractivity contribution is -0.113. The first-order valence-electron chi connectivity index (χ1n) is 7.38. The fourth-order valence-electron chi connectivity index (χ4n) is 2.69. The quantitative estimate of drug-likeness (QED) is 0.470. The van der Waals surface area contributed by atoms with Gasteiger partial charge in [-0.1, -0.05) is 45.5 Å². The minimum Gasteiger partial charge on any atom is -0.333 e. The molecule has 0 radical (unpaired) electrons. The molecule has 0 bridgehead atoms. The summed E-state index contributed by atoms with van der Waals surface area (Å²) >= 11 is 0. The van der Waals surface area contributed by atoms with Crippen molar-refractivity contribution in [3.8, 4) is 0 Å². The van der Waals surface area contributed by atoms with Crippen LogP contribution in [0.2, 0.25) is 19.6 Å². The van der Waals surface area contributed by atoms with E-state index in [9.17, 15) is 9.59 Å². The number of hydrogen-bond acceptors (Lipinski definition) is 2. The van der Waals surface area contributed by atoms with Crippen molar-refractivity contribution in [1.82, 2.24) is 0 Å². The van der Waals surface area contributed by atoms with E-state index >= 15 is 0 Å². The highest BCUT2D eigenvalue weighted by atomic mass is 28.3. The third-order valence-electron chi connectivity index (χ3n) is 3.68. The maximum Gasteiger partial charge on any atom is 0.291 e. The Bertz CT molecular complexity index is 546. The molecular formula is C16H23NO2Si. The molecule has 1 aliphatic heterocycles. The molecule has 1 heterocycles. The normalized spacial score (nSPS) is 14.9. The van der Waals surface area contributed by atoms with Crippen molar-refractivity contribution in [3.05, 3.63) is 29.3 Å². The molecule has 0 N–H and O–H groups in total. The van der Waals surface area contributed by atoms with E-state index < -0.39 is 8.24 Å². The molecule has 108 valence electrons. The van der Waals surface area contributed by atoms with E-state index in [2.05, 4.69) is 32.6 Å². The molecule has 0 unspecified atom stereocenters. The van der Waals surface area contributed by atoms with Crippen LogP contribution in [-0.4, -0.2) is 19.9 Å². The Morgan fingerprint density at radius 3 is 2.40 bits per heavy atom. The summed E-state index contributed by atoms with van der Waals surface area (Å²) in [6.07, 6.45) is 4.50. The summed E-state index contributed by atoms with van der Waals surface area (Å²) < 4.78 is 1.75. The minimum absolute atomic E-state index is 0.334. The molecule has 1 aromatic carbocycles. The molecule has 0 atom stereocenters. The number of ketones is 1. The molecule has 1 aromatic rings. The first-order chi connectivity index (χ1) is 9.36. The van der Waals surface area contributed by atoms with Crippen molar-refractivity contribution in [2.45, 2.75) is 52.2 Å². The Balaban J connectivity index is 2.32. The number of unbranched alkanes of at least 4 members (excludes halogenated alkanes) is 2. The van der Waals surface area contributed by atoms with Gasteiger partial charge in [-0.2, -0.15) is 0 Å². The molecule has 0 spiro atoms. The highest BCUT2D eigenvalue weighted by Gasteiger charge is 2.42. The first-order valence-corrected chi connectivity index (χ1v) is 10.8. The van der Waals surface area contributed by atoms with Gasteiger partial charge in [0.15, 0.2) is 8.24 Å². The predicted molar refractivity (Wildman–Crippen MR) is 84.8 cm³/mol. The second-order valence-electron chi connectivity index (χ2n) is 6.45. The van der Waals surface area contributed by atoms with Crippen molar-refractivity contribution in [1.29, 1.82) is 0 Å². The fraction of sp³-hybridized carbons (Fsp3) is 0.500. The monoisotopic (exact) mass is 289 g/mol. The van der Waals surface area contributed by atoms with Gasteiger partial charge in [0.25, 0.3) is 11.7 Å². The molecule has 20 heavy (non-hydrogen) atoms. The minimum atomic E-state index is -1.87. The molecule has 1 aliphatic rings. The summed E-state index contributed by atoms with van der Waals surface area (Å²) in [5.74, 6) is -0.676. The number of Topliss-reactive ketones (excluding diaryl/α,β-unsaturated/α-hetero) is 1. The van der Waals surface area contributed by atoms with Crippen molar-refractivity contribution < 1.29 is 9.59 Å². The number of aryl methyl sites for hydroxylation is 1. The number of benzene rings is 1. The van der Waals surface area contributed by atoms with Gasteiger partial charge >= 0.3 is 0 Å². The number of rotatable bonds is 5. The van der Waals surface area contributed by atoms with Gasteiger partial charge in [-0.05, 0) is 30.5 Å². The van der Waals surface area contributed by atoms with E-state index in [1.165, 1.54) is 12.8 Å². The van der Waals surface area contributed by atoms with Gasteiger partial charge in [0.2, 0.25) is 0 Å². The van der Waals surface area contributed by atoms with Crippen LogP contribution in [0.25, 0.3) is 0 Å². The van der Waals surface area contributed by atoms with Crippen LogP contribution in [0.15, 0.2) is 18.2 Å². The second kappa shape index (κ2) is 5.52. The van der Waals surface area contributed by atoms with Crippen LogP contribution >= 0.6 is 0 Å². The second-order valence-corrected chi connectivity index (χ2v) is 11.2. The zero-order chi connectivity index (χ0) is 14.9. The standard InChI is InChI=1S/C16H23NO2Si/c1-5-6-7-8-12-9-10-14-13(11-12)15(18)16(19)17(14)20(2,3)4/h9-11H,5-8H2,1-4H3. The molecular weight excluding hydrogens is 266 g/mol. The van der Waals surface area contributed by atoms with Crippen LogP contribution in [0, 0.1) is 0 Å². The maximum absolute atomic E-state index is 12.2. The highest BCUT2D eigenvalue weighted by molar-refractivity contribution is 6.87. The van der Waals surface area contributed by atoms with E-state index in [0.717, 1.165) is 24.1 Å². The van der Waals surface area contributed by atoms with E-state index in [1.54, 1.807) is 4.57 Å². The van der Waals surface area contributed by atoms with Crippen LogP contribution < -0.4 is 4.57 Å². The summed E-state index contributed by atoms with van der Waals surface area (Å²) in [5.41, 5.74) is 2.58. The Kier molecular flexibility index (Phi) is 4.13. The summed E-state index contributed by atoms with van der Waals surface area (Å²) in [6, 6.07) is 5.94. The van der Waals surface area contributed by atoms with Gasteiger partial charge < -0.3 is 4.57 Å². The SMILES string of the molecule is CCCCCc1ccc2c(c1)C(=O)C(=O)N2[Si](C)(C)C. The van der Waals surface area contributed by atoms with Gasteiger partial charge in [0, 0.05) is 5.69 Å². The summed E-state index contributed by atoms with van der Waals surface area (Å²) in [6.45, 7) is 8.43. The van der Waals surface area contributed by atoms with Gasteiger partial charge in [-0.3, -0.25) is 9.59 Å². The largest absolute Gasteiger partial charge is 0.333 e. The van der Waals surface area contributed by atoms with Crippen molar-refractivity contribution in [2.75, 3.05) is 4.57 Å². The number of carbonyl (C=O) groups excluding carboxylic acids is 2. The molecule has 0 saturated heterocycles. The Labute approximate surface area is 122 Å². The number of anilines is 1. The van der Waals surface area contributed by atoms with E-state index in [-0.39, 0.29) is 11.7 Å². The lowest BCUT2D eigenvalue weighted by atomic mass is 10.0. The summed E-state index contributed by atoms with van der Waals surface area (Å²) in [7, 11) is -1.87. The van der Waals surface area contributed by atoms with Gasteiger partial charge in [-0.25, -0.2) is 0 Å². The van der Waals surface area contributed by atoms with Crippen LogP contribution in [0.4, 0.5) is 5.69 Å². The number of fused-ring (bicyclic) bond motifs is 1. The zero-order valence-corrected chi connectivity index (χ0v) is 13.8. The first kappa shape index (κ1) is 15.0. The number of carbonyl (C=O) groups is 2. The molecule has 0 aliphatic carbocycles. The Morgan fingerprint density at radius 1 is 1.10 bits per heavy atom.